The molecule has 0 fully saturated rings. The highest BCUT2D eigenvalue weighted by Gasteiger charge is 2.08. The van der Waals surface area contributed by atoms with Crippen molar-refractivity contribution in [3.05, 3.63) is 78.6 Å². The standard InChI is InChI=1S/C19H12FNO/c20-16-5-3-4-15(12-16)13-8-10-14(11-9-13)19-21-17-6-1-2-7-18(17)22-19/h1-12H. The summed E-state index contributed by atoms with van der Waals surface area (Å²) in [7, 11) is 0. The highest BCUT2D eigenvalue weighted by Crippen LogP contribution is 2.27. The molecule has 0 amide bonds. The van der Waals surface area contributed by atoms with Crippen molar-refractivity contribution in [3.8, 4) is 22.6 Å². The molecule has 4 aromatic rings. The predicted octanol–water partition coefficient (Wildman–Crippen LogP) is 5.30. The van der Waals surface area contributed by atoms with E-state index in [9.17, 15) is 4.39 Å². The van der Waals surface area contributed by atoms with Crippen LogP contribution in [-0.2, 0) is 0 Å². The van der Waals surface area contributed by atoms with E-state index in [4.69, 9.17) is 4.42 Å². The molecule has 0 N–H and O–H groups in total. The van der Waals surface area contributed by atoms with E-state index in [0.717, 1.165) is 27.8 Å². The first kappa shape index (κ1) is 12.8. The fraction of sp³-hybridized carbons (Fsp3) is 0. The lowest BCUT2D eigenvalue weighted by molar-refractivity contribution is 0.620. The van der Waals surface area contributed by atoms with Crippen LogP contribution in [0.5, 0.6) is 0 Å². The fourth-order valence-corrected chi connectivity index (χ4v) is 2.47. The Morgan fingerprint density at radius 2 is 1.50 bits per heavy atom. The number of benzene rings is 3. The first-order valence-corrected chi connectivity index (χ1v) is 7.01. The van der Waals surface area contributed by atoms with Crippen molar-refractivity contribution in [1.29, 1.82) is 0 Å². The van der Waals surface area contributed by atoms with Crippen molar-refractivity contribution in [2.75, 3.05) is 0 Å². The van der Waals surface area contributed by atoms with E-state index in [-0.39, 0.29) is 5.82 Å². The zero-order valence-corrected chi connectivity index (χ0v) is 11.7. The predicted molar refractivity (Wildman–Crippen MR) is 84.8 cm³/mol. The summed E-state index contributed by atoms with van der Waals surface area (Å²) in [5, 5.41) is 0. The van der Waals surface area contributed by atoms with Gasteiger partial charge in [-0.15, -0.1) is 0 Å². The number of rotatable bonds is 2. The van der Waals surface area contributed by atoms with Gasteiger partial charge < -0.3 is 4.42 Å². The summed E-state index contributed by atoms with van der Waals surface area (Å²) in [6.45, 7) is 0. The van der Waals surface area contributed by atoms with E-state index in [1.54, 1.807) is 6.07 Å². The van der Waals surface area contributed by atoms with Gasteiger partial charge in [0.1, 0.15) is 11.3 Å². The number of halogens is 1. The third-order valence-corrected chi connectivity index (χ3v) is 3.58. The van der Waals surface area contributed by atoms with Crippen molar-refractivity contribution in [1.82, 2.24) is 4.98 Å². The van der Waals surface area contributed by atoms with E-state index in [1.807, 2.05) is 54.6 Å². The highest BCUT2D eigenvalue weighted by molar-refractivity contribution is 5.76. The van der Waals surface area contributed by atoms with E-state index in [0.29, 0.717) is 5.89 Å². The lowest BCUT2D eigenvalue weighted by atomic mass is 10.0. The second kappa shape index (κ2) is 5.11. The molecular formula is C19H12FNO. The quantitative estimate of drug-likeness (QED) is 0.500. The second-order valence-electron chi connectivity index (χ2n) is 5.07. The van der Waals surface area contributed by atoms with Crippen LogP contribution in [0.25, 0.3) is 33.7 Å². The van der Waals surface area contributed by atoms with Crippen LogP contribution in [0.2, 0.25) is 0 Å². The summed E-state index contributed by atoms with van der Waals surface area (Å²) in [6, 6.07) is 22.0. The number of aromatic nitrogens is 1. The third-order valence-electron chi connectivity index (χ3n) is 3.58. The van der Waals surface area contributed by atoms with Crippen molar-refractivity contribution < 1.29 is 8.81 Å². The Bertz CT molecular complexity index is 908. The van der Waals surface area contributed by atoms with Crippen molar-refractivity contribution in [3.63, 3.8) is 0 Å². The highest BCUT2D eigenvalue weighted by atomic mass is 19.1. The smallest absolute Gasteiger partial charge is 0.227 e. The number of nitrogens with zero attached hydrogens (tertiary/aromatic N) is 1. The molecule has 0 saturated carbocycles. The number of para-hydroxylation sites is 2. The van der Waals surface area contributed by atoms with Crippen molar-refractivity contribution in [2.24, 2.45) is 0 Å². The SMILES string of the molecule is Fc1cccc(-c2ccc(-c3nc4ccccc4o3)cc2)c1. The molecule has 3 aromatic carbocycles. The molecule has 3 heteroatoms. The molecule has 0 aliphatic heterocycles. The molecule has 1 aromatic heterocycles. The van der Waals surface area contributed by atoms with Crippen LogP contribution < -0.4 is 0 Å². The maximum absolute atomic E-state index is 13.3. The monoisotopic (exact) mass is 289 g/mol. The molecule has 22 heavy (non-hydrogen) atoms. The lowest BCUT2D eigenvalue weighted by Gasteiger charge is -2.02. The molecule has 0 unspecified atom stereocenters. The third kappa shape index (κ3) is 2.27. The van der Waals surface area contributed by atoms with Crippen LogP contribution >= 0.6 is 0 Å². The lowest BCUT2D eigenvalue weighted by Crippen LogP contribution is -1.81. The van der Waals surface area contributed by atoms with Gasteiger partial charge in [0.15, 0.2) is 5.58 Å². The van der Waals surface area contributed by atoms with Gasteiger partial charge in [-0.05, 0) is 47.5 Å². The van der Waals surface area contributed by atoms with E-state index < -0.39 is 0 Å². The number of oxazole rings is 1. The Morgan fingerprint density at radius 1 is 0.727 bits per heavy atom. The molecule has 1 heterocycles. The first-order valence-electron chi connectivity index (χ1n) is 7.01. The van der Waals surface area contributed by atoms with Crippen LogP contribution in [0.15, 0.2) is 77.2 Å². The van der Waals surface area contributed by atoms with Gasteiger partial charge in [-0.2, -0.15) is 0 Å². The topological polar surface area (TPSA) is 26.0 Å². The minimum absolute atomic E-state index is 0.236. The van der Waals surface area contributed by atoms with Gasteiger partial charge in [-0.3, -0.25) is 0 Å². The van der Waals surface area contributed by atoms with Gasteiger partial charge in [0.25, 0.3) is 0 Å². The zero-order valence-electron chi connectivity index (χ0n) is 11.7. The van der Waals surface area contributed by atoms with Gasteiger partial charge in [0, 0.05) is 5.56 Å². The summed E-state index contributed by atoms with van der Waals surface area (Å²) in [6.07, 6.45) is 0. The molecule has 0 saturated heterocycles. The van der Waals surface area contributed by atoms with Gasteiger partial charge in [0.05, 0.1) is 0 Å². The summed E-state index contributed by atoms with van der Waals surface area (Å²) in [4.78, 5) is 4.47. The van der Waals surface area contributed by atoms with Crippen LogP contribution in [0.4, 0.5) is 4.39 Å². The fourth-order valence-electron chi connectivity index (χ4n) is 2.47. The Labute approximate surface area is 126 Å². The van der Waals surface area contributed by atoms with Crippen LogP contribution in [0.1, 0.15) is 0 Å². The molecule has 4 rings (SSSR count). The molecule has 106 valence electrons. The van der Waals surface area contributed by atoms with Crippen LogP contribution in [-0.4, -0.2) is 4.98 Å². The summed E-state index contributed by atoms with van der Waals surface area (Å²) >= 11 is 0. The van der Waals surface area contributed by atoms with Crippen molar-refractivity contribution >= 4 is 11.1 Å². The van der Waals surface area contributed by atoms with Crippen LogP contribution in [0.3, 0.4) is 0 Å². The van der Waals surface area contributed by atoms with Crippen LogP contribution in [0, 0.1) is 5.82 Å². The largest absolute Gasteiger partial charge is 0.436 e. The Balaban J connectivity index is 1.72. The maximum atomic E-state index is 13.3. The minimum atomic E-state index is -0.236. The second-order valence-corrected chi connectivity index (χ2v) is 5.07. The summed E-state index contributed by atoms with van der Waals surface area (Å²) in [5.41, 5.74) is 4.32. The van der Waals surface area contributed by atoms with Gasteiger partial charge in [0.2, 0.25) is 5.89 Å². The van der Waals surface area contributed by atoms with Gasteiger partial charge >= 0.3 is 0 Å². The summed E-state index contributed by atoms with van der Waals surface area (Å²) in [5.74, 6) is 0.354. The van der Waals surface area contributed by atoms with Crippen molar-refractivity contribution in [2.45, 2.75) is 0 Å². The first-order chi connectivity index (χ1) is 10.8. The average Bonchev–Trinajstić information content (AvgIpc) is 2.99. The zero-order chi connectivity index (χ0) is 14.9. The molecule has 0 aliphatic carbocycles. The van der Waals surface area contributed by atoms with Gasteiger partial charge in [-0.25, -0.2) is 9.37 Å². The minimum Gasteiger partial charge on any atom is -0.436 e. The molecule has 0 aliphatic rings. The molecular weight excluding hydrogens is 277 g/mol. The Kier molecular flexibility index (Phi) is 2.97. The Hall–Kier alpha value is -2.94. The molecule has 0 atom stereocenters. The maximum Gasteiger partial charge on any atom is 0.227 e. The van der Waals surface area contributed by atoms with E-state index in [1.165, 1.54) is 12.1 Å². The van der Waals surface area contributed by atoms with E-state index >= 15 is 0 Å². The van der Waals surface area contributed by atoms with Gasteiger partial charge in [-0.1, -0.05) is 36.4 Å². The van der Waals surface area contributed by atoms with E-state index in [2.05, 4.69) is 4.98 Å². The Morgan fingerprint density at radius 3 is 2.27 bits per heavy atom. The normalized spacial score (nSPS) is 11.0. The number of hydrogen-bond donors (Lipinski definition) is 0. The average molecular weight is 289 g/mol. The summed E-state index contributed by atoms with van der Waals surface area (Å²) < 4.78 is 19.0. The molecule has 2 nitrogen and oxygen atoms in total. The molecule has 0 spiro atoms. The molecule has 0 bridgehead atoms. The number of fused-ring (bicyclic) bond motifs is 1. The number of hydrogen-bond acceptors (Lipinski definition) is 2. The molecule has 0 radical (unpaired) electrons.